The number of nitrogens with zero attached hydrogens (tertiary/aromatic N) is 5. The lowest BCUT2D eigenvalue weighted by molar-refractivity contribution is -0.121. The number of piperazine rings is 1. The third-order valence-corrected chi connectivity index (χ3v) is 6.73. The first kappa shape index (κ1) is 23.7. The number of rotatable bonds is 8. The Hall–Kier alpha value is -3.46. The van der Waals surface area contributed by atoms with Crippen molar-refractivity contribution in [1.82, 2.24) is 24.8 Å². The first-order chi connectivity index (χ1) is 16.3. The predicted octanol–water partition coefficient (Wildman–Crippen LogP) is 1.70. The summed E-state index contributed by atoms with van der Waals surface area (Å²) in [5, 5.41) is 7.34. The molecule has 0 bridgehead atoms. The van der Waals surface area contributed by atoms with Gasteiger partial charge in [-0.15, -0.1) is 0 Å². The third kappa shape index (κ3) is 5.04. The van der Waals surface area contributed by atoms with E-state index in [1.54, 1.807) is 4.52 Å². The van der Waals surface area contributed by atoms with Crippen LogP contribution < -0.4 is 16.0 Å². The Labute approximate surface area is 199 Å². The second-order valence-corrected chi connectivity index (χ2v) is 8.93. The minimum absolute atomic E-state index is 0.0203. The van der Waals surface area contributed by atoms with E-state index in [1.807, 2.05) is 19.9 Å². The predicted molar refractivity (Wildman–Crippen MR) is 132 cm³/mol. The van der Waals surface area contributed by atoms with Gasteiger partial charge in [-0.05, 0) is 44.9 Å². The van der Waals surface area contributed by atoms with Gasteiger partial charge in [-0.3, -0.25) is 14.5 Å². The maximum Gasteiger partial charge on any atom is 0.254 e. The lowest BCUT2D eigenvalue weighted by Crippen LogP contribution is -2.52. The molecule has 2 amide bonds. The standard InChI is InChI=1S/C25H33N7O2/c1-17(30-11-13-31(14-12-30)20-7-5-4-6-8-20)15-27-23(33)10-9-21-18(2)29-25-22(24(26)34)16-28-32(25)19(21)3/h4-8,16-17H,9-15H2,1-3H3,(H2,26,34)(H,27,33). The summed E-state index contributed by atoms with van der Waals surface area (Å²) in [6, 6.07) is 10.8. The number of aromatic nitrogens is 3. The molecule has 3 heterocycles. The van der Waals surface area contributed by atoms with Gasteiger partial charge in [0.15, 0.2) is 5.65 Å². The summed E-state index contributed by atoms with van der Waals surface area (Å²) in [7, 11) is 0. The maximum absolute atomic E-state index is 12.6. The molecule has 180 valence electrons. The normalized spacial score (nSPS) is 15.4. The molecule has 9 heteroatoms. The molecule has 3 aromatic rings. The number of benzene rings is 1. The van der Waals surface area contributed by atoms with Gasteiger partial charge in [0.05, 0.1) is 6.20 Å². The zero-order chi connectivity index (χ0) is 24.2. The Bertz CT molecular complexity index is 1170. The van der Waals surface area contributed by atoms with E-state index in [-0.39, 0.29) is 11.9 Å². The molecule has 34 heavy (non-hydrogen) atoms. The van der Waals surface area contributed by atoms with Gasteiger partial charge in [0, 0.05) is 62.3 Å². The number of hydrogen-bond donors (Lipinski definition) is 2. The molecule has 3 N–H and O–H groups in total. The van der Waals surface area contributed by atoms with Gasteiger partial charge < -0.3 is 16.0 Å². The molecule has 1 atom stereocenters. The second-order valence-electron chi connectivity index (χ2n) is 8.93. The fourth-order valence-corrected chi connectivity index (χ4v) is 4.62. The minimum Gasteiger partial charge on any atom is -0.369 e. The number of aryl methyl sites for hydroxylation is 2. The molecule has 0 saturated carbocycles. The number of nitrogens with one attached hydrogen (secondary N) is 1. The number of hydrogen-bond acceptors (Lipinski definition) is 6. The Morgan fingerprint density at radius 2 is 1.82 bits per heavy atom. The molecule has 1 aromatic carbocycles. The van der Waals surface area contributed by atoms with Crippen LogP contribution in [0.5, 0.6) is 0 Å². The fraction of sp³-hybridized carbons (Fsp3) is 0.440. The molecule has 0 aliphatic carbocycles. The van der Waals surface area contributed by atoms with Crippen molar-refractivity contribution in [1.29, 1.82) is 0 Å². The van der Waals surface area contributed by atoms with Gasteiger partial charge in [0.1, 0.15) is 5.56 Å². The zero-order valence-electron chi connectivity index (χ0n) is 20.1. The van der Waals surface area contributed by atoms with Crippen LogP contribution in [0.25, 0.3) is 5.65 Å². The van der Waals surface area contributed by atoms with Crippen molar-refractivity contribution in [2.75, 3.05) is 37.6 Å². The Morgan fingerprint density at radius 1 is 1.12 bits per heavy atom. The van der Waals surface area contributed by atoms with E-state index in [4.69, 9.17) is 5.73 Å². The Balaban J connectivity index is 1.27. The van der Waals surface area contributed by atoms with E-state index < -0.39 is 5.91 Å². The Kier molecular flexibility index (Phi) is 7.12. The second kappa shape index (κ2) is 10.2. The van der Waals surface area contributed by atoms with Gasteiger partial charge in [-0.1, -0.05) is 18.2 Å². The smallest absolute Gasteiger partial charge is 0.254 e. The molecule has 1 fully saturated rings. The van der Waals surface area contributed by atoms with E-state index in [1.165, 1.54) is 11.9 Å². The SMILES string of the molecule is Cc1nc2c(C(N)=O)cnn2c(C)c1CCC(=O)NCC(C)N1CCN(c2ccccc2)CC1. The molecular formula is C25H33N7O2. The molecular weight excluding hydrogens is 430 g/mol. The highest BCUT2D eigenvalue weighted by molar-refractivity contribution is 5.98. The lowest BCUT2D eigenvalue weighted by atomic mass is 10.1. The third-order valence-electron chi connectivity index (χ3n) is 6.73. The van der Waals surface area contributed by atoms with Crippen LogP contribution in [0.4, 0.5) is 5.69 Å². The average Bonchev–Trinajstić information content (AvgIpc) is 3.27. The first-order valence-corrected chi connectivity index (χ1v) is 11.8. The monoisotopic (exact) mass is 463 g/mol. The summed E-state index contributed by atoms with van der Waals surface area (Å²) in [6.07, 6.45) is 2.37. The quantitative estimate of drug-likeness (QED) is 0.526. The van der Waals surface area contributed by atoms with Crippen LogP contribution in [-0.2, 0) is 11.2 Å². The maximum atomic E-state index is 12.6. The number of para-hydroxylation sites is 1. The van der Waals surface area contributed by atoms with Crippen LogP contribution in [0.15, 0.2) is 36.5 Å². The molecule has 1 unspecified atom stereocenters. The largest absolute Gasteiger partial charge is 0.369 e. The molecule has 0 spiro atoms. The van der Waals surface area contributed by atoms with Crippen molar-refractivity contribution in [3.8, 4) is 0 Å². The zero-order valence-corrected chi connectivity index (χ0v) is 20.1. The molecule has 1 aliphatic rings. The van der Waals surface area contributed by atoms with Crippen molar-refractivity contribution < 1.29 is 9.59 Å². The van der Waals surface area contributed by atoms with E-state index in [0.717, 1.165) is 43.1 Å². The van der Waals surface area contributed by atoms with E-state index >= 15 is 0 Å². The first-order valence-electron chi connectivity index (χ1n) is 11.8. The van der Waals surface area contributed by atoms with Crippen LogP contribution in [0.2, 0.25) is 0 Å². The lowest BCUT2D eigenvalue weighted by Gasteiger charge is -2.39. The Morgan fingerprint density at radius 3 is 2.50 bits per heavy atom. The molecule has 2 aromatic heterocycles. The van der Waals surface area contributed by atoms with Gasteiger partial charge in [-0.2, -0.15) is 5.10 Å². The number of amides is 2. The number of primary amides is 1. The van der Waals surface area contributed by atoms with Crippen LogP contribution in [-0.4, -0.2) is 70.1 Å². The number of anilines is 1. The molecule has 1 aliphatic heterocycles. The van der Waals surface area contributed by atoms with Crippen LogP contribution in [0, 0.1) is 13.8 Å². The van der Waals surface area contributed by atoms with E-state index in [9.17, 15) is 9.59 Å². The van der Waals surface area contributed by atoms with Gasteiger partial charge in [-0.25, -0.2) is 9.50 Å². The van der Waals surface area contributed by atoms with Gasteiger partial charge in [0.2, 0.25) is 5.91 Å². The van der Waals surface area contributed by atoms with Crippen molar-refractivity contribution >= 4 is 23.1 Å². The highest BCUT2D eigenvalue weighted by Crippen LogP contribution is 2.19. The summed E-state index contributed by atoms with van der Waals surface area (Å²) in [4.78, 5) is 33.5. The summed E-state index contributed by atoms with van der Waals surface area (Å²) < 4.78 is 1.62. The fourth-order valence-electron chi connectivity index (χ4n) is 4.62. The van der Waals surface area contributed by atoms with Crippen LogP contribution in [0.3, 0.4) is 0 Å². The summed E-state index contributed by atoms with van der Waals surface area (Å²) in [6.45, 7) is 10.5. The average molecular weight is 464 g/mol. The number of carbonyl (C=O) groups excluding carboxylic acids is 2. The number of nitrogens with two attached hydrogens (primary N) is 1. The summed E-state index contributed by atoms with van der Waals surface area (Å²) >= 11 is 0. The molecule has 0 radical (unpaired) electrons. The topological polar surface area (TPSA) is 109 Å². The number of carbonyl (C=O) groups is 2. The van der Waals surface area contributed by atoms with E-state index in [0.29, 0.717) is 30.6 Å². The summed E-state index contributed by atoms with van der Waals surface area (Å²) in [5.74, 6) is -0.531. The van der Waals surface area contributed by atoms with Crippen LogP contribution in [0.1, 0.15) is 40.7 Å². The molecule has 1 saturated heterocycles. The molecule has 4 rings (SSSR count). The van der Waals surface area contributed by atoms with Crippen molar-refractivity contribution in [3.63, 3.8) is 0 Å². The van der Waals surface area contributed by atoms with Crippen molar-refractivity contribution in [2.45, 2.75) is 39.7 Å². The van der Waals surface area contributed by atoms with Gasteiger partial charge >= 0.3 is 0 Å². The van der Waals surface area contributed by atoms with E-state index in [2.05, 4.69) is 56.4 Å². The van der Waals surface area contributed by atoms with Gasteiger partial charge in [0.25, 0.3) is 5.91 Å². The van der Waals surface area contributed by atoms with Crippen molar-refractivity contribution in [3.05, 3.63) is 59.0 Å². The van der Waals surface area contributed by atoms with Crippen LogP contribution >= 0.6 is 0 Å². The number of fused-ring (bicyclic) bond motifs is 1. The minimum atomic E-state index is -0.552. The molecule has 9 nitrogen and oxygen atoms in total. The summed E-state index contributed by atoms with van der Waals surface area (Å²) in [5.41, 5.74) is 10.1. The highest BCUT2D eigenvalue weighted by atomic mass is 16.2. The van der Waals surface area contributed by atoms with Crippen molar-refractivity contribution in [2.24, 2.45) is 5.73 Å². The highest BCUT2D eigenvalue weighted by Gasteiger charge is 2.22.